The van der Waals surface area contributed by atoms with Gasteiger partial charge in [-0.15, -0.1) is 11.3 Å². The first-order chi connectivity index (χ1) is 6.61. The first kappa shape index (κ1) is 9.17. The molecule has 0 saturated carbocycles. The standard InChI is InChI=1S/C8H8N2O3S/c1-4-5(6(11)7(12)13)10-2-3-14-8(10)9-4/h2-3,6,11H,1H3,(H,12,13). The van der Waals surface area contributed by atoms with Gasteiger partial charge in [-0.2, -0.15) is 0 Å². The average molecular weight is 212 g/mol. The molecular weight excluding hydrogens is 204 g/mol. The summed E-state index contributed by atoms with van der Waals surface area (Å²) in [6.45, 7) is 1.68. The Morgan fingerprint density at radius 3 is 3.07 bits per heavy atom. The highest BCUT2D eigenvalue weighted by atomic mass is 32.1. The number of hydrogen-bond donors (Lipinski definition) is 2. The van der Waals surface area contributed by atoms with Crippen molar-refractivity contribution in [1.82, 2.24) is 9.38 Å². The van der Waals surface area contributed by atoms with Crippen LogP contribution in [0.4, 0.5) is 0 Å². The van der Waals surface area contributed by atoms with Crippen LogP contribution in [-0.2, 0) is 4.79 Å². The third-order valence-electron chi connectivity index (χ3n) is 1.98. The van der Waals surface area contributed by atoms with Crippen LogP contribution in [-0.4, -0.2) is 25.6 Å². The SMILES string of the molecule is Cc1nc2sccn2c1C(O)C(=O)O. The third kappa shape index (κ3) is 1.19. The van der Waals surface area contributed by atoms with Gasteiger partial charge in [0.1, 0.15) is 0 Å². The fourth-order valence-corrected chi connectivity index (χ4v) is 2.12. The zero-order valence-electron chi connectivity index (χ0n) is 7.34. The van der Waals surface area contributed by atoms with Crippen molar-refractivity contribution in [3.63, 3.8) is 0 Å². The maximum atomic E-state index is 10.6. The molecule has 2 N–H and O–H groups in total. The van der Waals surface area contributed by atoms with E-state index in [4.69, 9.17) is 5.11 Å². The Morgan fingerprint density at radius 1 is 1.71 bits per heavy atom. The molecule has 0 aliphatic rings. The number of aryl methyl sites for hydroxylation is 1. The minimum Gasteiger partial charge on any atom is -0.479 e. The monoisotopic (exact) mass is 212 g/mol. The highest BCUT2D eigenvalue weighted by Crippen LogP contribution is 2.22. The molecule has 0 aliphatic heterocycles. The second-order valence-corrected chi connectivity index (χ2v) is 3.75. The van der Waals surface area contributed by atoms with E-state index in [1.54, 1.807) is 22.9 Å². The van der Waals surface area contributed by atoms with Crippen molar-refractivity contribution in [2.75, 3.05) is 0 Å². The molecule has 6 heteroatoms. The van der Waals surface area contributed by atoms with Gasteiger partial charge in [0, 0.05) is 11.6 Å². The number of carboxylic acids is 1. The first-order valence-corrected chi connectivity index (χ1v) is 4.82. The lowest BCUT2D eigenvalue weighted by molar-refractivity contribution is -0.147. The van der Waals surface area contributed by atoms with E-state index in [0.717, 1.165) is 0 Å². The number of rotatable bonds is 2. The minimum atomic E-state index is -1.51. The zero-order chi connectivity index (χ0) is 10.3. The van der Waals surface area contributed by atoms with Crippen molar-refractivity contribution < 1.29 is 15.0 Å². The summed E-state index contributed by atoms with van der Waals surface area (Å²) in [4.78, 5) is 15.5. The number of carboxylic acid groups (broad SMARTS) is 1. The zero-order valence-corrected chi connectivity index (χ0v) is 8.15. The van der Waals surface area contributed by atoms with Gasteiger partial charge >= 0.3 is 5.97 Å². The summed E-state index contributed by atoms with van der Waals surface area (Å²) in [5.74, 6) is -1.26. The van der Waals surface area contributed by atoms with Crippen molar-refractivity contribution in [2.24, 2.45) is 0 Å². The lowest BCUT2D eigenvalue weighted by Crippen LogP contribution is -2.13. The number of thiazole rings is 1. The van der Waals surface area contributed by atoms with Gasteiger partial charge in [-0.25, -0.2) is 9.78 Å². The Morgan fingerprint density at radius 2 is 2.43 bits per heavy atom. The highest BCUT2D eigenvalue weighted by molar-refractivity contribution is 7.15. The summed E-state index contributed by atoms with van der Waals surface area (Å²) >= 11 is 1.40. The number of aliphatic hydroxyl groups excluding tert-OH is 1. The normalized spacial score (nSPS) is 13.3. The number of aliphatic carboxylic acids is 1. The number of imidazole rings is 1. The van der Waals surface area contributed by atoms with E-state index < -0.39 is 12.1 Å². The Bertz CT molecular complexity index is 488. The number of carbonyl (C=O) groups is 1. The molecule has 5 nitrogen and oxygen atoms in total. The molecule has 0 fully saturated rings. The predicted octanol–water partition coefficient (Wildman–Crippen LogP) is 0.822. The maximum Gasteiger partial charge on any atom is 0.338 e. The van der Waals surface area contributed by atoms with Crippen LogP contribution in [0.25, 0.3) is 4.96 Å². The number of nitrogens with zero attached hydrogens (tertiary/aromatic N) is 2. The molecule has 1 atom stereocenters. The molecule has 0 aliphatic carbocycles. The van der Waals surface area contributed by atoms with E-state index in [0.29, 0.717) is 16.3 Å². The van der Waals surface area contributed by atoms with Gasteiger partial charge in [0.15, 0.2) is 11.1 Å². The largest absolute Gasteiger partial charge is 0.479 e. The summed E-state index contributed by atoms with van der Waals surface area (Å²) in [6, 6.07) is 0. The van der Waals surface area contributed by atoms with Crippen molar-refractivity contribution >= 4 is 22.3 Å². The second-order valence-electron chi connectivity index (χ2n) is 2.88. The Labute approximate surface area is 83.3 Å². The summed E-state index contributed by atoms with van der Waals surface area (Å²) < 4.78 is 1.60. The lowest BCUT2D eigenvalue weighted by atomic mass is 10.2. The number of fused-ring (bicyclic) bond motifs is 1. The molecule has 0 spiro atoms. The van der Waals surface area contributed by atoms with Crippen LogP contribution in [0.3, 0.4) is 0 Å². The smallest absolute Gasteiger partial charge is 0.338 e. The van der Waals surface area contributed by atoms with Crippen molar-refractivity contribution in [1.29, 1.82) is 0 Å². The summed E-state index contributed by atoms with van der Waals surface area (Å²) in [6.07, 6.45) is 0.182. The third-order valence-corrected chi connectivity index (χ3v) is 2.73. The minimum absolute atomic E-state index is 0.328. The number of aromatic nitrogens is 2. The molecule has 2 aromatic rings. The van der Waals surface area contributed by atoms with E-state index >= 15 is 0 Å². The Kier molecular flexibility index (Phi) is 2.01. The van der Waals surface area contributed by atoms with Crippen molar-refractivity contribution in [3.8, 4) is 0 Å². The molecule has 1 unspecified atom stereocenters. The molecule has 0 amide bonds. The average Bonchev–Trinajstić information content (AvgIpc) is 2.62. The molecule has 0 radical (unpaired) electrons. The lowest BCUT2D eigenvalue weighted by Gasteiger charge is -2.04. The fraction of sp³-hybridized carbons (Fsp3) is 0.250. The van der Waals surface area contributed by atoms with Crippen LogP contribution >= 0.6 is 11.3 Å². The van der Waals surface area contributed by atoms with E-state index in [1.807, 2.05) is 0 Å². The summed E-state index contributed by atoms with van der Waals surface area (Å²) in [5, 5.41) is 19.9. The van der Waals surface area contributed by atoms with Crippen LogP contribution in [0.5, 0.6) is 0 Å². The first-order valence-electron chi connectivity index (χ1n) is 3.94. The number of aliphatic hydroxyl groups is 1. The predicted molar refractivity (Wildman–Crippen MR) is 50.4 cm³/mol. The van der Waals surface area contributed by atoms with Gasteiger partial charge in [0.25, 0.3) is 0 Å². The number of hydrogen-bond acceptors (Lipinski definition) is 4. The molecule has 0 saturated heterocycles. The van der Waals surface area contributed by atoms with E-state index in [-0.39, 0.29) is 0 Å². The quantitative estimate of drug-likeness (QED) is 0.772. The van der Waals surface area contributed by atoms with Crippen molar-refractivity contribution in [3.05, 3.63) is 23.0 Å². The van der Waals surface area contributed by atoms with Gasteiger partial charge in [0.2, 0.25) is 0 Å². The van der Waals surface area contributed by atoms with Crippen LogP contribution in [0.15, 0.2) is 11.6 Å². The van der Waals surface area contributed by atoms with E-state index in [9.17, 15) is 9.90 Å². The van der Waals surface area contributed by atoms with Gasteiger partial charge in [0.05, 0.1) is 11.4 Å². The van der Waals surface area contributed by atoms with Gasteiger partial charge < -0.3 is 10.2 Å². The van der Waals surface area contributed by atoms with Gasteiger partial charge in [-0.1, -0.05) is 0 Å². The molecule has 2 aromatic heterocycles. The Hall–Kier alpha value is -1.40. The van der Waals surface area contributed by atoms with E-state index in [1.165, 1.54) is 11.3 Å². The Balaban J connectivity index is 2.64. The maximum absolute atomic E-state index is 10.6. The highest BCUT2D eigenvalue weighted by Gasteiger charge is 2.23. The van der Waals surface area contributed by atoms with Crippen LogP contribution in [0.1, 0.15) is 17.5 Å². The second kappa shape index (κ2) is 3.07. The molecule has 2 heterocycles. The molecule has 0 aromatic carbocycles. The molecular formula is C8H8N2O3S. The van der Waals surface area contributed by atoms with E-state index in [2.05, 4.69) is 4.98 Å². The van der Waals surface area contributed by atoms with Gasteiger partial charge in [-0.3, -0.25) is 4.40 Å². The molecule has 0 bridgehead atoms. The van der Waals surface area contributed by atoms with Crippen molar-refractivity contribution in [2.45, 2.75) is 13.0 Å². The van der Waals surface area contributed by atoms with Crippen LogP contribution < -0.4 is 0 Å². The van der Waals surface area contributed by atoms with Gasteiger partial charge in [-0.05, 0) is 6.92 Å². The van der Waals surface area contributed by atoms with Crippen LogP contribution in [0, 0.1) is 6.92 Å². The topological polar surface area (TPSA) is 74.8 Å². The summed E-state index contributed by atoms with van der Waals surface area (Å²) in [7, 11) is 0. The molecule has 2 rings (SSSR count). The molecule has 14 heavy (non-hydrogen) atoms. The summed E-state index contributed by atoms with van der Waals surface area (Å²) in [5.41, 5.74) is 0.875. The van der Waals surface area contributed by atoms with Crippen LogP contribution in [0.2, 0.25) is 0 Å². The molecule has 74 valence electrons. The fourth-order valence-electron chi connectivity index (χ4n) is 1.36.